The minimum atomic E-state index is -0.0414. The third-order valence-corrected chi connectivity index (χ3v) is 2.96. The highest BCUT2D eigenvalue weighted by Crippen LogP contribution is 2.16. The lowest BCUT2D eigenvalue weighted by molar-refractivity contribution is 0.110. The third-order valence-electron chi connectivity index (χ3n) is 2.96. The number of methoxy groups -OCH3 is 1. The van der Waals surface area contributed by atoms with Gasteiger partial charge in [0.15, 0.2) is 5.96 Å². The number of ether oxygens (including phenoxy) is 1. The van der Waals surface area contributed by atoms with Crippen LogP contribution >= 0.6 is 0 Å². The van der Waals surface area contributed by atoms with Crippen LogP contribution in [0.2, 0.25) is 0 Å². The molecule has 2 N–H and O–H groups in total. The van der Waals surface area contributed by atoms with Gasteiger partial charge >= 0.3 is 0 Å². The molecule has 0 amide bonds. The van der Waals surface area contributed by atoms with E-state index >= 15 is 0 Å². The number of aliphatic imine (C=N–C) groups is 1. The van der Waals surface area contributed by atoms with E-state index in [1.807, 2.05) is 35.2 Å². The van der Waals surface area contributed by atoms with Gasteiger partial charge in [-0.25, -0.2) is 0 Å². The van der Waals surface area contributed by atoms with E-state index in [1.165, 1.54) is 0 Å². The monoisotopic (exact) mass is 249 g/mol. The predicted molar refractivity (Wildman–Crippen MR) is 75.6 cm³/mol. The molecule has 100 valence electrons. The summed E-state index contributed by atoms with van der Waals surface area (Å²) in [4.78, 5) is 6.43. The van der Waals surface area contributed by atoms with Gasteiger partial charge in [-0.05, 0) is 19.4 Å². The molecule has 0 saturated heterocycles. The number of guanidine groups is 1. The zero-order valence-corrected chi connectivity index (χ0v) is 11.5. The van der Waals surface area contributed by atoms with Crippen molar-refractivity contribution in [3.05, 3.63) is 35.9 Å². The Hall–Kier alpha value is -1.55. The highest BCUT2D eigenvalue weighted by atomic mass is 16.5. The van der Waals surface area contributed by atoms with Crippen molar-refractivity contribution < 1.29 is 4.74 Å². The summed E-state index contributed by atoms with van der Waals surface area (Å²) in [6.45, 7) is 6.42. The summed E-state index contributed by atoms with van der Waals surface area (Å²) < 4.78 is 5.45. The second-order valence-corrected chi connectivity index (χ2v) is 4.01. The van der Waals surface area contributed by atoms with E-state index in [0.717, 1.165) is 18.7 Å². The Morgan fingerprint density at radius 1 is 1.28 bits per heavy atom. The van der Waals surface area contributed by atoms with Crippen molar-refractivity contribution in [1.82, 2.24) is 4.90 Å². The van der Waals surface area contributed by atoms with E-state index in [9.17, 15) is 0 Å². The average molecular weight is 249 g/mol. The molecular formula is C14H23N3O. The zero-order chi connectivity index (χ0) is 13.4. The second kappa shape index (κ2) is 7.71. The topological polar surface area (TPSA) is 50.8 Å². The minimum Gasteiger partial charge on any atom is -0.375 e. The normalized spacial score (nSPS) is 13.4. The van der Waals surface area contributed by atoms with Crippen molar-refractivity contribution in [3.8, 4) is 0 Å². The van der Waals surface area contributed by atoms with E-state index in [2.05, 4.69) is 18.8 Å². The van der Waals surface area contributed by atoms with Crippen LogP contribution in [0.4, 0.5) is 0 Å². The van der Waals surface area contributed by atoms with E-state index < -0.39 is 0 Å². The van der Waals surface area contributed by atoms with Gasteiger partial charge < -0.3 is 15.4 Å². The molecule has 1 aromatic rings. The summed E-state index contributed by atoms with van der Waals surface area (Å²) in [5, 5.41) is 0. The Balaban J connectivity index is 2.67. The molecule has 4 nitrogen and oxygen atoms in total. The van der Waals surface area contributed by atoms with Crippen LogP contribution in [-0.4, -0.2) is 37.6 Å². The number of nitrogens with zero attached hydrogens (tertiary/aromatic N) is 2. The molecule has 0 aromatic heterocycles. The Morgan fingerprint density at radius 2 is 1.89 bits per heavy atom. The highest BCUT2D eigenvalue weighted by molar-refractivity contribution is 5.78. The molecule has 0 saturated carbocycles. The van der Waals surface area contributed by atoms with Gasteiger partial charge in [0.25, 0.3) is 0 Å². The van der Waals surface area contributed by atoms with Gasteiger partial charge in [-0.2, -0.15) is 0 Å². The quantitative estimate of drug-likeness (QED) is 0.620. The zero-order valence-electron chi connectivity index (χ0n) is 11.5. The molecule has 0 fully saturated rings. The fourth-order valence-electron chi connectivity index (χ4n) is 1.81. The largest absolute Gasteiger partial charge is 0.375 e. The number of hydrogen-bond donors (Lipinski definition) is 1. The summed E-state index contributed by atoms with van der Waals surface area (Å²) in [5.74, 6) is 0.581. The first-order valence-electron chi connectivity index (χ1n) is 6.35. The maximum atomic E-state index is 5.94. The maximum Gasteiger partial charge on any atom is 0.191 e. The number of hydrogen-bond acceptors (Lipinski definition) is 2. The number of rotatable bonds is 6. The van der Waals surface area contributed by atoms with Gasteiger partial charge in [0.05, 0.1) is 6.54 Å². The fraction of sp³-hybridized carbons (Fsp3) is 0.500. The van der Waals surface area contributed by atoms with E-state index in [0.29, 0.717) is 12.5 Å². The molecule has 1 rings (SSSR count). The van der Waals surface area contributed by atoms with Crippen molar-refractivity contribution in [1.29, 1.82) is 0 Å². The molecule has 0 aliphatic rings. The van der Waals surface area contributed by atoms with Crippen molar-refractivity contribution in [2.24, 2.45) is 10.7 Å². The fourth-order valence-corrected chi connectivity index (χ4v) is 1.81. The third kappa shape index (κ3) is 4.04. The lowest BCUT2D eigenvalue weighted by Crippen LogP contribution is -2.37. The van der Waals surface area contributed by atoms with E-state index in [1.54, 1.807) is 7.11 Å². The first kappa shape index (κ1) is 14.5. The van der Waals surface area contributed by atoms with Crippen LogP contribution in [0.3, 0.4) is 0 Å². The lowest BCUT2D eigenvalue weighted by Gasteiger charge is -2.20. The maximum absolute atomic E-state index is 5.94. The van der Waals surface area contributed by atoms with E-state index in [-0.39, 0.29) is 6.10 Å². The molecule has 0 aliphatic heterocycles. The predicted octanol–water partition coefficient (Wildman–Crippen LogP) is 2.03. The van der Waals surface area contributed by atoms with Gasteiger partial charge in [0.2, 0.25) is 0 Å². The van der Waals surface area contributed by atoms with Crippen LogP contribution in [0, 0.1) is 0 Å². The van der Waals surface area contributed by atoms with Crippen LogP contribution in [0.1, 0.15) is 25.5 Å². The van der Waals surface area contributed by atoms with Gasteiger partial charge in [-0.15, -0.1) is 0 Å². The smallest absolute Gasteiger partial charge is 0.191 e. The lowest BCUT2D eigenvalue weighted by atomic mass is 10.1. The molecule has 4 heteroatoms. The Kier molecular flexibility index (Phi) is 6.22. The average Bonchev–Trinajstić information content (AvgIpc) is 2.42. The summed E-state index contributed by atoms with van der Waals surface area (Å²) in [7, 11) is 1.70. The van der Waals surface area contributed by atoms with Crippen LogP contribution in [0.5, 0.6) is 0 Å². The number of benzene rings is 1. The molecule has 1 aromatic carbocycles. The summed E-state index contributed by atoms with van der Waals surface area (Å²) in [5.41, 5.74) is 7.06. The van der Waals surface area contributed by atoms with Crippen LogP contribution in [0.15, 0.2) is 35.3 Å². The molecule has 0 spiro atoms. The van der Waals surface area contributed by atoms with Crippen LogP contribution in [0.25, 0.3) is 0 Å². The first-order valence-corrected chi connectivity index (χ1v) is 6.35. The second-order valence-electron chi connectivity index (χ2n) is 4.01. The van der Waals surface area contributed by atoms with Gasteiger partial charge in [-0.1, -0.05) is 30.3 Å². The Bertz CT molecular complexity index is 361. The molecular weight excluding hydrogens is 226 g/mol. The van der Waals surface area contributed by atoms with Crippen molar-refractivity contribution in [3.63, 3.8) is 0 Å². The first-order chi connectivity index (χ1) is 8.72. The molecule has 0 bridgehead atoms. The summed E-state index contributed by atoms with van der Waals surface area (Å²) in [6, 6.07) is 10.1. The summed E-state index contributed by atoms with van der Waals surface area (Å²) in [6.07, 6.45) is -0.0414. The van der Waals surface area contributed by atoms with Crippen molar-refractivity contribution in [2.75, 3.05) is 26.7 Å². The van der Waals surface area contributed by atoms with Gasteiger partial charge in [0, 0.05) is 20.2 Å². The molecule has 0 aliphatic carbocycles. The standard InChI is InChI=1S/C14H23N3O/c1-4-17(5-2)14(15)16-11-13(18-3)12-9-7-6-8-10-12/h6-10,13H,4-5,11H2,1-3H3,(H2,15,16). The Labute approximate surface area is 109 Å². The van der Waals surface area contributed by atoms with Crippen LogP contribution in [-0.2, 0) is 4.74 Å². The SMILES string of the molecule is CCN(CC)C(N)=NCC(OC)c1ccccc1. The molecule has 1 atom stereocenters. The van der Waals surface area contributed by atoms with Gasteiger partial charge in [-0.3, -0.25) is 4.99 Å². The molecule has 0 heterocycles. The summed E-state index contributed by atoms with van der Waals surface area (Å²) >= 11 is 0. The van der Waals surface area contributed by atoms with Crippen molar-refractivity contribution in [2.45, 2.75) is 20.0 Å². The molecule has 18 heavy (non-hydrogen) atoms. The number of nitrogens with two attached hydrogens (primary N) is 1. The molecule has 0 radical (unpaired) electrons. The minimum absolute atomic E-state index is 0.0414. The molecule has 1 unspecified atom stereocenters. The van der Waals surface area contributed by atoms with Gasteiger partial charge in [0.1, 0.15) is 6.10 Å². The Morgan fingerprint density at radius 3 is 2.39 bits per heavy atom. The van der Waals surface area contributed by atoms with Crippen molar-refractivity contribution >= 4 is 5.96 Å². The van der Waals surface area contributed by atoms with Crippen LogP contribution < -0.4 is 5.73 Å². The highest BCUT2D eigenvalue weighted by Gasteiger charge is 2.10. The van der Waals surface area contributed by atoms with E-state index in [4.69, 9.17) is 10.5 Å².